The van der Waals surface area contributed by atoms with Gasteiger partial charge in [-0.1, -0.05) is 18.2 Å². The Morgan fingerprint density at radius 2 is 2.09 bits per heavy atom. The zero-order valence-corrected chi connectivity index (χ0v) is 13.1. The molecule has 0 saturated carbocycles. The first-order chi connectivity index (χ1) is 10.7. The highest BCUT2D eigenvalue weighted by Crippen LogP contribution is 2.22. The summed E-state index contributed by atoms with van der Waals surface area (Å²) in [6.45, 7) is 0. The lowest BCUT2D eigenvalue weighted by molar-refractivity contribution is 0.0602. The first-order valence-electron chi connectivity index (χ1n) is 6.77. The van der Waals surface area contributed by atoms with Crippen molar-refractivity contribution < 1.29 is 9.53 Å². The van der Waals surface area contributed by atoms with Crippen LogP contribution in [0.15, 0.2) is 47.5 Å². The highest BCUT2D eigenvalue weighted by molar-refractivity contribution is 7.98. The van der Waals surface area contributed by atoms with E-state index in [1.54, 1.807) is 34.6 Å². The van der Waals surface area contributed by atoms with Crippen molar-refractivity contribution in [2.75, 3.05) is 13.4 Å². The van der Waals surface area contributed by atoms with Gasteiger partial charge in [0, 0.05) is 17.5 Å². The van der Waals surface area contributed by atoms with Gasteiger partial charge >= 0.3 is 5.97 Å². The van der Waals surface area contributed by atoms with Crippen molar-refractivity contribution in [3.8, 4) is 0 Å². The summed E-state index contributed by atoms with van der Waals surface area (Å²) in [6.07, 6.45) is 4.45. The van der Waals surface area contributed by atoms with Crippen LogP contribution in [-0.2, 0) is 11.2 Å². The van der Waals surface area contributed by atoms with Crippen molar-refractivity contribution in [3.63, 3.8) is 0 Å². The highest BCUT2D eigenvalue weighted by Gasteiger charge is 2.15. The lowest BCUT2D eigenvalue weighted by Crippen LogP contribution is -2.04. The number of hydrogen-bond acceptors (Lipinski definition) is 5. The van der Waals surface area contributed by atoms with Gasteiger partial charge in [0.15, 0.2) is 11.5 Å². The van der Waals surface area contributed by atoms with E-state index in [9.17, 15) is 4.79 Å². The number of aromatic nitrogens is 3. The van der Waals surface area contributed by atoms with Crippen molar-refractivity contribution in [2.45, 2.75) is 11.3 Å². The van der Waals surface area contributed by atoms with Crippen LogP contribution in [0.1, 0.15) is 21.7 Å². The molecule has 5 nitrogen and oxygen atoms in total. The normalized spacial score (nSPS) is 10.8. The van der Waals surface area contributed by atoms with E-state index in [1.807, 2.05) is 18.4 Å². The summed E-state index contributed by atoms with van der Waals surface area (Å²) in [5.41, 5.74) is 2.11. The van der Waals surface area contributed by atoms with Crippen LogP contribution in [0, 0.1) is 0 Å². The predicted octanol–water partition coefficient (Wildman–Crippen LogP) is 2.83. The summed E-state index contributed by atoms with van der Waals surface area (Å²) in [4.78, 5) is 17.5. The lowest BCUT2D eigenvalue weighted by Gasteiger charge is -2.03. The molecule has 0 atom stereocenters. The molecule has 6 heteroatoms. The largest absolute Gasteiger partial charge is 0.465 e. The summed E-state index contributed by atoms with van der Waals surface area (Å²) < 4.78 is 6.40. The molecule has 0 unspecified atom stereocenters. The third-order valence-electron chi connectivity index (χ3n) is 3.35. The van der Waals surface area contributed by atoms with E-state index < -0.39 is 5.97 Å². The number of ether oxygens (including phenoxy) is 1. The molecule has 0 spiro atoms. The standard InChI is InChI=1S/C16H15N3O2S/c1-21-16(20)12-7-5-9-19-15(12)17-14(18-19)10-11-6-3-4-8-13(11)22-2/h3-9H,10H2,1-2H3. The fraction of sp³-hybridized carbons (Fsp3) is 0.188. The Hall–Kier alpha value is -2.34. The van der Waals surface area contributed by atoms with Gasteiger partial charge in [-0.15, -0.1) is 11.8 Å². The minimum atomic E-state index is -0.408. The van der Waals surface area contributed by atoms with Gasteiger partial charge < -0.3 is 4.74 Å². The number of pyridine rings is 1. The average molecular weight is 313 g/mol. The predicted molar refractivity (Wildman–Crippen MR) is 85.4 cm³/mol. The van der Waals surface area contributed by atoms with Crippen LogP contribution in [0.25, 0.3) is 5.65 Å². The summed E-state index contributed by atoms with van der Waals surface area (Å²) in [6, 6.07) is 11.6. The van der Waals surface area contributed by atoms with E-state index >= 15 is 0 Å². The first kappa shape index (κ1) is 14.6. The van der Waals surface area contributed by atoms with Gasteiger partial charge in [0.2, 0.25) is 0 Å². The maximum absolute atomic E-state index is 11.8. The fourth-order valence-corrected chi connectivity index (χ4v) is 2.93. The summed E-state index contributed by atoms with van der Waals surface area (Å²) in [5.74, 6) is 0.270. The average Bonchev–Trinajstić information content (AvgIpc) is 2.96. The van der Waals surface area contributed by atoms with Gasteiger partial charge in [0.1, 0.15) is 5.56 Å². The van der Waals surface area contributed by atoms with E-state index in [2.05, 4.69) is 22.2 Å². The SMILES string of the molecule is COC(=O)c1cccn2nc(Cc3ccccc3SC)nc12. The molecule has 0 bridgehead atoms. The van der Waals surface area contributed by atoms with Crippen molar-refractivity contribution in [3.05, 3.63) is 59.5 Å². The third-order valence-corrected chi connectivity index (χ3v) is 4.19. The highest BCUT2D eigenvalue weighted by atomic mass is 32.2. The molecule has 0 aliphatic heterocycles. The van der Waals surface area contributed by atoms with Crippen molar-refractivity contribution in [1.29, 1.82) is 0 Å². The van der Waals surface area contributed by atoms with Crippen molar-refractivity contribution in [1.82, 2.24) is 14.6 Å². The second-order valence-electron chi connectivity index (χ2n) is 4.70. The molecule has 22 heavy (non-hydrogen) atoms. The zero-order chi connectivity index (χ0) is 15.5. The van der Waals surface area contributed by atoms with Gasteiger partial charge in [-0.3, -0.25) is 0 Å². The molecule has 0 fully saturated rings. The molecule has 0 amide bonds. The molecule has 1 aromatic carbocycles. The lowest BCUT2D eigenvalue weighted by atomic mass is 10.1. The van der Waals surface area contributed by atoms with Crippen LogP contribution < -0.4 is 0 Å². The molecule has 0 radical (unpaired) electrons. The van der Waals surface area contributed by atoms with Gasteiger partial charge in [-0.2, -0.15) is 5.10 Å². The second-order valence-corrected chi connectivity index (χ2v) is 5.55. The molecule has 0 N–H and O–H groups in total. The molecule has 2 aromatic heterocycles. The van der Waals surface area contributed by atoms with Crippen LogP contribution in [-0.4, -0.2) is 33.9 Å². The van der Waals surface area contributed by atoms with E-state index in [4.69, 9.17) is 4.74 Å². The van der Waals surface area contributed by atoms with Crippen molar-refractivity contribution >= 4 is 23.4 Å². The summed E-state index contributed by atoms with van der Waals surface area (Å²) >= 11 is 1.70. The Balaban J connectivity index is 2.01. The Morgan fingerprint density at radius 1 is 1.27 bits per heavy atom. The number of fused-ring (bicyclic) bond motifs is 1. The molecule has 2 heterocycles. The van der Waals surface area contributed by atoms with E-state index in [0.29, 0.717) is 23.5 Å². The molecular formula is C16H15N3O2S. The first-order valence-corrected chi connectivity index (χ1v) is 8.00. The van der Waals surface area contributed by atoms with Gasteiger partial charge in [0.25, 0.3) is 0 Å². The molecular weight excluding hydrogens is 298 g/mol. The second kappa shape index (κ2) is 6.19. The van der Waals surface area contributed by atoms with Gasteiger partial charge in [-0.25, -0.2) is 14.3 Å². The number of carbonyl (C=O) groups is 1. The van der Waals surface area contributed by atoms with Gasteiger partial charge in [0.05, 0.1) is 7.11 Å². The van der Waals surface area contributed by atoms with E-state index in [0.717, 1.165) is 0 Å². The number of thioether (sulfide) groups is 1. The molecule has 112 valence electrons. The Kier molecular flexibility index (Phi) is 4.11. The monoisotopic (exact) mass is 313 g/mol. The van der Waals surface area contributed by atoms with E-state index in [-0.39, 0.29) is 0 Å². The Labute approximate surface area is 132 Å². The topological polar surface area (TPSA) is 56.5 Å². The molecule has 0 aliphatic carbocycles. The minimum Gasteiger partial charge on any atom is -0.465 e. The van der Waals surface area contributed by atoms with Crippen LogP contribution >= 0.6 is 11.8 Å². The molecule has 0 saturated heterocycles. The number of hydrogen-bond donors (Lipinski definition) is 0. The fourth-order valence-electron chi connectivity index (χ4n) is 2.31. The number of carbonyl (C=O) groups excluding carboxylic acids is 1. The third kappa shape index (κ3) is 2.69. The quantitative estimate of drug-likeness (QED) is 0.547. The molecule has 3 rings (SSSR count). The minimum absolute atomic E-state index is 0.408. The molecule has 3 aromatic rings. The van der Waals surface area contributed by atoms with Crippen LogP contribution in [0.5, 0.6) is 0 Å². The number of esters is 1. The van der Waals surface area contributed by atoms with Crippen LogP contribution in [0.4, 0.5) is 0 Å². The van der Waals surface area contributed by atoms with Crippen LogP contribution in [0.3, 0.4) is 0 Å². The maximum Gasteiger partial charge on any atom is 0.341 e. The Morgan fingerprint density at radius 3 is 2.86 bits per heavy atom. The summed E-state index contributed by atoms with van der Waals surface area (Å²) in [7, 11) is 1.36. The number of benzene rings is 1. The maximum atomic E-state index is 11.8. The van der Waals surface area contributed by atoms with Gasteiger partial charge in [-0.05, 0) is 30.0 Å². The summed E-state index contributed by atoms with van der Waals surface area (Å²) in [5, 5.41) is 4.45. The van der Waals surface area contributed by atoms with Crippen molar-refractivity contribution in [2.24, 2.45) is 0 Å². The molecule has 0 aliphatic rings. The van der Waals surface area contributed by atoms with Crippen LogP contribution in [0.2, 0.25) is 0 Å². The Bertz CT molecular complexity index is 829. The number of rotatable bonds is 4. The number of nitrogens with zero attached hydrogens (tertiary/aromatic N) is 3. The van der Waals surface area contributed by atoms with E-state index in [1.165, 1.54) is 17.6 Å². The zero-order valence-electron chi connectivity index (χ0n) is 12.3. The smallest absolute Gasteiger partial charge is 0.341 e. The number of methoxy groups -OCH3 is 1.